The van der Waals surface area contributed by atoms with Crippen molar-refractivity contribution in [2.24, 2.45) is 10.8 Å². The van der Waals surface area contributed by atoms with Crippen LogP contribution in [0.3, 0.4) is 0 Å². The second-order valence-electron chi connectivity index (χ2n) is 7.87. The topological polar surface area (TPSA) is 9.23 Å². The fourth-order valence-electron chi connectivity index (χ4n) is 4.09. The summed E-state index contributed by atoms with van der Waals surface area (Å²) < 4.78 is 5.44. The van der Waals surface area contributed by atoms with Gasteiger partial charge < -0.3 is 4.43 Å². The standard InChI is InChI=1S/C18H32OSi/c1-16(2,3)18(17(4,5)6,13-10-14-19-20)15-11-8-7-9-12-15/h7-9,11-12H,10,13-14H2,1-6,20H3. The molecule has 0 N–H and O–H groups in total. The van der Waals surface area contributed by atoms with Crippen LogP contribution in [0.1, 0.15) is 59.9 Å². The van der Waals surface area contributed by atoms with Crippen LogP contribution >= 0.6 is 0 Å². The fraction of sp³-hybridized carbons (Fsp3) is 0.667. The van der Waals surface area contributed by atoms with Gasteiger partial charge in [0.15, 0.2) is 0 Å². The zero-order chi connectivity index (χ0) is 15.4. The maximum atomic E-state index is 5.44. The highest BCUT2D eigenvalue weighted by Gasteiger charge is 2.50. The SMILES string of the molecule is CC(C)(C)C(CCCO[SiH3])(c1ccccc1)C(C)(C)C. The lowest BCUT2D eigenvalue weighted by Gasteiger charge is -2.54. The van der Waals surface area contributed by atoms with Crippen molar-refractivity contribution in [2.45, 2.75) is 59.8 Å². The van der Waals surface area contributed by atoms with Gasteiger partial charge in [0, 0.05) is 12.0 Å². The largest absolute Gasteiger partial charge is 0.428 e. The molecule has 0 bridgehead atoms. The zero-order valence-corrected chi connectivity index (χ0v) is 16.4. The summed E-state index contributed by atoms with van der Waals surface area (Å²) in [4.78, 5) is 0. The van der Waals surface area contributed by atoms with Crippen molar-refractivity contribution in [1.82, 2.24) is 0 Å². The van der Waals surface area contributed by atoms with Crippen LogP contribution in [0.25, 0.3) is 0 Å². The Kier molecular flexibility index (Phi) is 5.62. The lowest BCUT2D eigenvalue weighted by molar-refractivity contribution is 0.0369. The van der Waals surface area contributed by atoms with Gasteiger partial charge in [-0.05, 0) is 29.2 Å². The molecule has 0 saturated carbocycles. The van der Waals surface area contributed by atoms with E-state index in [2.05, 4.69) is 71.9 Å². The van der Waals surface area contributed by atoms with Gasteiger partial charge >= 0.3 is 0 Å². The quantitative estimate of drug-likeness (QED) is 0.586. The highest BCUT2D eigenvalue weighted by Crippen LogP contribution is 2.55. The summed E-state index contributed by atoms with van der Waals surface area (Å²) in [6.45, 7) is 15.2. The van der Waals surface area contributed by atoms with Gasteiger partial charge in [0.2, 0.25) is 0 Å². The van der Waals surface area contributed by atoms with E-state index in [-0.39, 0.29) is 16.2 Å². The minimum atomic E-state index is 0.154. The summed E-state index contributed by atoms with van der Waals surface area (Å²) in [5.41, 5.74) is 2.03. The minimum absolute atomic E-state index is 0.154. The molecule has 1 aromatic carbocycles. The van der Waals surface area contributed by atoms with Crippen LogP contribution < -0.4 is 0 Å². The zero-order valence-electron chi connectivity index (χ0n) is 14.4. The Hall–Kier alpha value is -0.603. The fourth-order valence-corrected chi connectivity index (χ4v) is 4.38. The number of rotatable bonds is 5. The third-order valence-corrected chi connectivity index (χ3v) is 5.14. The van der Waals surface area contributed by atoms with E-state index >= 15 is 0 Å². The average Bonchev–Trinajstić information content (AvgIpc) is 2.32. The molecule has 0 saturated heterocycles. The molecule has 0 aliphatic heterocycles. The molecule has 114 valence electrons. The monoisotopic (exact) mass is 292 g/mol. The van der Waals surface area contributed by atoms with Crippen LogP contribution in [0.4, 0.5) is 0 Å². The van der Waals surface area contributed by atoms with Gasteiger partial charge in [0.25, 0.3) is 0 Å². The average molecular weight is 293 g/mol. The van der Waals surface area contributed by atoms with Crippen molar-refractivity contribution in [3.05, 3.63) is 35.9 Å². The normalized spacial score (nSPS) is 13.7. The summed E-state index contributed by atoms with van der Waals surface area (Å²) in [6.07, 6.45) is 2.30. The number of benzene rings is 1. The second-order valence-corrected chi connectivity index (χ2v) is 8.45. The predicted octanol–water partition coefficient (Wildman–Crippen LogP) is 4.09. The van der Waals surface area contributed by atoms with Gasteiger partial charge in [-0.25, -0.2) is 0 Å². The van der Waals surface area contributed by atoms with Gasteiger partial charge in [-0.3, -0.25) is 0 Å². The van der Waals surface area contributed by atoms with Crippen LogP contribution in [0.5, 0.6) is 0 Å². The third-order valence-electron chi connectivity index (χ3n) is 4.73. The first-order chi connectivity index (χ1) is 9.17. The Morgan fingerprint density at radius 1 is 0.900 bits per heavy atom. The summed E-state index contributed by atoms with van der Waals surface area (Å²) >= 11 is 0. The Balaban J connectivity index is 3.36. The van der Waals surface area contributed by atoms with Crippen LogP contribution in [0, 0.1) is 10.8 Å². The molecular formula is C18H32OSi. The predicted molar refractivity (Wildman–Crippen MR) is 92.2 cm³/mol. The number of hydrogen-bond acceptors (Lipinski definition) is 1. The van der Waals surface area contributed by atoms with Crippen LogP contribution in [-0.4, -0.2) is 17.1 Å². The van der Waals surface area contributed by atoms with Crippen molar-refractivity contribution < 1.29 is 4.43 Å². The van der Waals surface area contributed by atoms with Crippen molar-refractivity contribution >= 4 is 10.5 Å². The lowest BCUT2D eigenvalue weighted by Crippen LogP contribution is -2.50. The molecule has 0 aromatic heterocycles. The maximum Gasteiger partial charge on any atom is 0.145 e. The first-order valence-corrected chi connectivity index (χ1v) is 8.53. The summed E-state index contributed by atoms with van der Waals surface area (Å²) in [5, 5.41) is 0. The van der Waals surface area contributed by atoms with Gasteiger partial charge in [-0.15, -0.1) is 0 Å². The summed E-state index contributed by atoms with van der Waals surface area (Å²) in [6, 6.07) is 11.1. The smallest absolute Gasteiger partial charge is 0.145 e. The molecule has 0 atom stereocenters. The van der Waals surface area contributed by atoms with Gasteiger partial charge in [-0.1, -0.05) is 71.9 Å². The highest BCUT2D eigenvalue weighted by atomic mass is 28.2. The van der Waals surface area contributed by atoms with Crippen molar-refractivity contribution in [3.63, 3.8) is 0 Å². The Morgan fingerprint density at radius 3 is 1.80 bits per heavy atom. The Labute approximate surface area is 128 Å². The van der Waals surface area contributed by atoms with Crippen molar-refractivity contribution in [2.75, 3.05) is 6.61 Å². The Bertz CT molecular complexity index is 384. The molecular weight excluding hydrogens is 260 g/mol. The third kappa shape index (κ3) is 3.34. The van der Waals surface area contributed by atoms with Crippen LogP contribution in [-0.2, 0) is 9.84 Å². The lowest BCUT2D eigenvalue weighted by atomic mass is 9.49. The molecule has 2 heteroatoms. The Morgan fingerprint density at radius 2 is 1.40 bits per heavy atom. The highest BCUT2D eigenvalue weighted by molar-refractivity contribution is 5.97. The molecule has 0 aliphatic carbocycles. The van der Waals surface area contributed by atoms with Crippen LogP contribution in [0.2, 0.25) is 0 Å². The molecule has 20 heavy (non-hydrogen) atoms. The van der Waals surface area contributed by atoms with E-state index < -0.39 is 0 Å². The van der Waals surface area contributed by atoms with E-state index in [1.54, 1.807) is 0 Å². The van der Waals surface area contributed by atoms with Crippen molar-refractivity contribution in [3.8, 4) is 0 Å². The maximum absolute atomic E-state index is 5.44. The minimum Gasteiger partial charge on any atom is -0.428 e. The molecule has 0 spiro atoms. The van der Waals surface area contributed by atoms with E-state index in [4.69, 9.17) is 4.43 Å². The van der Waals surface area contributed by atoms with Gasteiger partial charge in [0.1, 0.15) is 10.5 Å². The van der Waals surface area contributed by atoms with Gasteiger partial charge in [0.05, 0.1) is 0 Å². The first-order valence-electron chi connectivity index (χ1n) is 7.71. The molecule has 1 rings (SSSR count). The molecule has 0 unspecified atom stereocenters. The van der Waals surface area contributed by atoms with E-state index in [1.165, 1.54) is 12.0 Å². The van der Waals surface area contributed by atoms with E-state index in [0.717, 1.165) is 23.5 Å². The molecule has 1 aromatic rings. The second kappa shape index (κ2) is 6.44. The summed E-state index contributed by atoms with van der Waals surface area (Å²) in [5.74, 6) is 0. The van der Waals surface area contributed by atoms with Crippen molar-refractivity contribution in [1.29, 1.82) is 0 Å². The van der Waals surface area contributed by atoms with Gasteiger partial charge in [-0.2, -0.15) is 0 Å². The molecule has 0 fully saturated rings. The number of hydrogen-bond donors (Lipinski definition) is 0. The van der Waals surface area contributed by atoms with E-state index in [0.29, 0.717) is 0 Å². The van der Waals surface area contributed by atoms with Crippen LogP contribution in [0.15, 0.2) is 30.3 Å². The summed E-state index contributed by atoms with van der Waals surface area (Å²) in [7, 11) is 0.839. The molecule has 1 nitrogen and oxygen atoms in total. The first kappa shape index (κ1) is 17.4. The molecule has 0 aliphatic rings. The molecule has 0 amide bonds. The molecule has 0 radical (unpaired) electrons. The van der Waals surface area contributed by atoms with E-state index in [1.807, 2.05) is 0 Å². The van der Waals surface area contributed by atoms with E-state index in [9.17, 15) is 0 Å². The molecule has 0 heterocycles.